The molecular weight excluding hydrogens is 250 g/mol. The van der Waals surface area contributed by atoms with Crippen molar-refractivity contribution in [1.82, 2.24) is 4.90 Å². The van der Waals surface area contributed by atoms with E-state index in [-0.39, 0.29) is 6.42 Å². The summed E-state index contributed by atoms with van der Waals surface area (Å²) in [4.78, 5) is 13.0. The van der Waals surface area contributed by atoms with Crippen molar-refractivity contribution in [3.05, 3.63) is 34.4 Å². The maximum atomic E-state index is 10.6. The average Bonchev–Trinajstić information content (AvgIpc) is 2.30. The number of benzene rings is 1. The fourth-order valence-corrected chi connectivity index (χ4v) is 2.62. The van der Waals surface area contributed by atoms with Gasteiger partial charge in [-0.05, 0) is 64.3 Å². The second-order valence-electron chi connectivity index (χ2n) is 5.94. The predicted molar refractivity (Wildman–Crippen MR) is 83.1 cm³/mol. The van der Waals surface area contributed by atoms with E-state index in [0.29, 0.717) is 12.5 Å². The van der Waals surface area contributed by atoms with E-state index in [2.05, 4.69) is 51.7 Å². The molecule has 1 N–H and O–H groups in total. The molecule has 0 saturated heterocycles. The van der Waals surface area contributed by atoms with Crippen LogP contribution < -0.4 is 0 Å². The molecule has 0 spiro atoms. The van der Waals surface area contributed by atoms with E-state index in [0.717, 1.165) is 13.1 Å². The molecule has 0 aromatic heterocycles. The van der Waals surface area contributed by atoms with Gasteiger partial charge in [-0.1, -0.05) is 17.7 Å². The molecule has 3 heteroatoms. The van der Waals surface area contributed by atoms with E-state index in [1.807, 2.05) is 0 Å². The first-order valence-electron chi connectivity index (χ1n) is 7.33. The monoisotopic (exact) mass is 277 g/mol. The Morgan fingerprint density at radius 1 is 1.20 bits per heavy atom. The largest absolute Gasteiger partial charge is 0.481 e. The Bertz CT molecular complexity index is 443. The van der Waals surface area contributed by atoms with Crippen LogP contribution >= 0.6 is 0 Å². The second kappa shape index (κ2) is 7.44. The zero-order valence-electron chi connectivity index (χ0n) is 13.4. The van der Waals surface area contributed by atoms with Crippen molar-refractivity contribution in [2.45, 2.75) is 60.0 Å². The summed E-state index contributed by atoms with van der Waals surface area (Å²) >= 11 is 0. The van der Waals surface area contributed by atoms with Crippen molar-refractivity contribution < 1.29 is 9.90 Å². The lowest BCUT2D eigenvalue weighted by Gasteiger charge is -2.28. The number of carboxylic acid groups (broad SMARTS) is 1. The molecule has 1 aromatic carbocycles. The Kier molecular flexibility index (Phi) is 6.21. The minimum absolute atomic E-state index is 0.245. The fourth-order valence-electron chi connectivity index (χ4n) is 2.62. The zero-order chi connectivity index (χ0) is 15.3. The van der Waals surface area contributed by atoms with Gasteiger partial charge in [0.15, 0.2) is 0 Å². The van der Waals surface area contributed by atoms with Crippen LogP contribution in [0.3, 0.4) is 0 Å². The van der Waals surface area contributed by atoms with Crippen LogP contribution in [-0.2, 0) is 11.3 Å². The minimum Gasteiger partial charge on any atom is -0.481 e. The molecule has 0 heterocycles. The molecule has 1 rings (SSSR count). The van der Waals surface area contributed by atoms with E-state index < -0.39 is 5.97 Å². The molecule has 0 atom stereocenters. The third kappa shape index (κ3) is 4.97. The van der Waals surface area contributed by atoms with Crippen molar-refractivity contribution in [1.29, 1.82) is 0 Å². The molecule has 3 nitrogen and oxygen atoms in total. The first-order valence-corrected chi connectivity index (χ1v) is 7.33. The number of aryl methyl sites for hydroxylation is 3. The predicted octanol–water partition coefficient (Wildman–Crippen LogP) is 3.69. The van der Waals surface area contributed by atoms with Gasteiger partial charge in [-0.2, -0.15) is 0 Å². The average molecular weight is 277 g/mol. The smallest absolute Gasteiger partial charge is 0.303 e. The molecule has 0 aliphatic rings. The van der Waals surface area contributed by atoms with E-state index in [4.69, 9.17) is 5.11 Å². The molecule has 0 radical (unpaired) electrons. The van der Waals surface area contributed by atoms with Gasteiger partial charge in [0.1, 0.15) is 0 Å². The van der Waals surface area contributed by atoms with Gasteiger partial charge in [0, 0.05) is 19.0 Å². The van der Waals surface area contributed by atoms with E-state index in [1.54, 1.807) is 0 Å². The van der Waals surface area contributed by atoms with E-state index >= 15 is 0 Å². The summed E-state index contributed by atoms with van der Waals surface area (Å²) in [5.41, 5.74) is 5.32. The fraction of sp³-hybridized carbons (Fsp3) is 0.588. The van der Waals surface area contributed by atoms with Crippen molar-refractivity contribution in [3.8, 4) is 0 Å². The number of rotatable bonds is 7. The summed E-state index contributed by atoms with van der Waals surface area (Å²) < 4.78 is 0. The lowest BCUT2D eigenvalue weighted by atomic mass is 9.99. The summed E-state index contributed by atoms with van der Waals surface area (Å²) in [5.74, 6) is -0.712. The Morgan fingerprint density at radius 3 is 2.20 bits per heavy atom. The summed E-state index contributed by atoms with van der Waals surface area (Å²) in [6.07, 6.45) is 0.951. The molecule has 0 bridgehead atoms. The maximum Gasteiger partial charge on any atom is 0.303 e. The van der Waals surface area contributed by atoms with Gasteiger partial charge >= 0.3 is 5.97 Å². The SMILES string of the molecule is Cc1cc(C)c(CN(CCCC(=O)O)C(C)C)c(C)c1. The molecule has 0 fully saturated rings. The molecule has 0 amide bonds. The molecule has 0 aliphatic carbocycles. The molecule has 0 aliphatic heterocycles. The number of carboxylic acids is 1. The number of carbonyl (C=O) groups is 1. The minimum atomic E-state index is -0.712. The quantitative estimate of drug-likeness (QED) is 0.826. The zero-order valence-corrected chi connectivity index (χ0v) is 13.4. The maximum absolute atomic E-state index is 10.6. The summed E-state index contributed by atoms with van der Waals surface area (Å²) in [5, 5.41) is 8.75. The van der Waals surface area contributed by atoms with E-state index in [1.165, 1.54) is 22.3 Å². The molecule has 0 unspecified atom stereocenters. The van der Waals surface area contributed by atoms with Gasteiger partial charge < -0.3 is 5.11 Å². The van der Waals surface area contributed by atoms with Gasteiger partial charge in [0.25, 0.3) is 0 Å². The van der Waals surface area contributed by atoms with Gasteiger partial charge in [-0.25, -0.2) is 0 Å². The van der Waals surface area contributed by atoms with Crippen molar-refractivity contribution in [2.24, 2.45) is 0 Å². The van der Waals surface area contributed by atoms with Gasteiger partial charge in [-0.3, -0.25) is 9.69 Å². The molecule has 20 heavy (non-hydrogen) atoms. The Labute approximate surface area is 122 Å². The van der Waals surface area contributed by atoms with Crippen LogP contribution in [0.25, 0.3) is 0 Å². The highest BCUT2D eigenvalue weighted by Gasteiger charge is 2.13. The third-order valence-electron chi connectivity index (χ3n) is 3.77. The van der Waals surface area contributed by atoms with Crippen LogP contribution in [0.2, 0.25) is 0 Å². The summed E-state index contributed by atoms with van der Waals surface area (Å²) in [6, 6.07) is 4.86. The number of nitrogens with zero attached hydrogens (tertiary/aromatic N) is 1. The van der Waals surface area contributed by atoms with Crippen LogP contribution in [0.1, 0.15) is 48.9 Å². The standard InChI is InChI=1S/C17H27NO2/c1-12(2)18(8-6-7-17(19)20)11-16-14(4)9-13(3)10-15(16)5/h9-10,12H,6-8,11H2,1-5H3,(H,19,20). The Morgan fingerprint density at radius 2 is 1.75 bits per heavy atom. The van der Waals surface area contributed by atoms with Crippen molar-refractivity contribution in [2.75, 3.05) is 6.54 Å². The number of aliphatic carboxylic acids is 1. The second-order valence-corrected chi connectivity index (χ2v) is 5.94. The van der Waals surface area contributed by atoms with Crippen LogP contribution in [0.15, 0.2) is 12.1 Å². The van der Waals surface area contributed by atoms with Crippen LogP contribution in [-0.4, -0.2) is 28.6 Å². The van der Waals surface area contributed by atoms with Crippen molar-refractivity contribution >= 4 is 5.97 Å². The number of hydrogen-bond donors (Lipinski definition) is 1. The highest BCUT2D eigenvalue weighted by Crippen LogP contribution is 2.19. The topological polar surface area (TPSA) is 40.5 Å². The van der Waals surface area contributed by atoms with Crippen LogP contribution in [0.5, 0.6) is 0 Å². The highest BCUT2D eigenvalue weighted by molar-refractivity contribution is 5.66. The number of hydrogen-bond acceptors (Lipinski definition) is 2. The third-order valence-corrected chi connectivity index (χ3v) is 3.77. The lowest BCUT2D eigenvalue weighted by Crippen LogP contribution is -2.32. The van der Waals surface area contributed by atoms with Crippen LogP contribution in [0.4, 0.5) is 0 Å². The normalized spacial score (nSPS) is 11.3. The molecule has 1 aromatic rings. The Balaban J connectivity index is 2.78. The van der Waals surface area contributed by atoms with Crippen LogP contribution in [0, 0.1) is 20.8 Å². The van der Waals surface area contributed by atoms with Crippen molar-refractivity contribution in [3.63, 3.8) is 0 Å². The van der Waals surface area contributed by atoms with Gasteiger partial charge in [0.2, 0.25) is 0 Å². The summed E-state index contributed by atoms with van der Waals surface area (Å²) in [6.45, 7) is 12.5. The van der Waals surface area contributed by atoms with Gasteiger partial charge in [-0.15, -0.1) is 0 Å². The first-order chi connectivity index (χ1) is 9.31. The summed E-state index contributed by atoms with van der Waals surface area (Å²) in [7, 11) is 0. The highest BCUT2D eigenvalue weighted by atomic mass is 16.4. The van der Waals surface area contributed by atoms with E-state index in [9.17, 15) is 4.79 Å². The Hall–Kier alpha value is -1.35. The van der Waals surface area contributed by atoms with Gasteiger partial charge in [0.05, 0.1) is 0 Å². The molecular formula is C17H27NO2. The first kappa shape index (κ1) is 16.7. The molecule has 0 saturated carbocycles. The lowest BCUT2D eigenvalue weighted by molar-refractivity contribution is -0.137. The molecule has 112 valence electrons.